The van der Waals surface area contributed by atoms with Gasteiger partial charge in [0.15, 0.2) is 6.29 Å². The Labute approximate surface area is 260 Å². The normalized spacial score (nSPS) is 44.6. The smallest absolute Gasteiger partial charge is 0.330 e. The number of esters is 1. The van der Waals surface area contributed by atoms with Crippen LogP contribution < -0.4 is 0 Å². The van der Waals surface area contributed by atoms with E-state index in [1.54, 1.807) is 13.0 Å². The van der Waals surface area contributed by atoms with Crippen molar-refractivity contribution in [2.75, 3.05) is 13.7 Å². The molecule has 4 rings (SSSR count). The van der Waals surface area contributed by atoms with E-state index in [4.69, 9.17) is 28.4 Å². The number of carbonyl (C=O) groups is 1. The number of allylic oxidation sites excluding steroid dienone is 3. The second kappa shape index (κ2) is 16.8. The van der Waals surface area contributed by atoms with Crippen LogP contribution in [0.15, 0.2) is 36.5 Å². The maximum Gasteiger partial charge on any atom is 0.330 e. The lowest BCUT2D eigenvalue weighted by Crippen LogP contribution is -2.59. The van der Waals surface area contributed by atoms with Crippen LogP contribution in [0.1, 0.15) is 65.7 Å². The Morgan fingerprint density at radius 1 is 0.864 bits per heavy atom. The van der Waals surface area contributed by atoms with Gasteiger partial charge in [0.25, 0.3) is 0 Å². The number of hydrogen-bond donors (Lipinski definition) is 4. The Balaban J connectivity index is 1.47. The van der Waals surface area contributed by atoms with Gasteiger partial charge in [0.2, 0.25) is 0 Å². The Kier molecular flexibility index (Phi) is 13.4. The highest BCUT2D eigenvalue weighted by molar-refractivity contribution is 5.82. The predicted molar refractivity (Wildman–Crippen MR) is 160 cm³/mol. The topological polar surface area (TPSA) is 153 Å². The second-order valence-electron chi connectivity index (χ2n) is 12.9. The molecule has 4 aliphatic rings. The molecule has 0 aromatic carbocycles. The van der Waals surface area contributed by atoms with Gasteiger partial charge in [0.1, 0.15) is 24.4 Å². The molecule has 0 amide bonds. The van der Waals surface area contributed by atoms with E-state index in [0.717, 1.165) is 12.8 Å². The number of hydrogen-bond acceptors (Lipinski definition) is 11. The summed E-state index contributed by atoms with van der Waals surface area (Å²) in [6.07, 6.45) is 7.78. The molecule has 1 unspecified atom stereocenters. The fourth-order valence-corrected chi connectivity index (χ4v) is 6.64. The predicted octanol–water partition coefficient (Wildman–Crippen LogP) is 2.34. The number of fused-ring (bicyclic) bond motifs is 4. The first-order valence-corrected chi connectivity index (χ1v) is 16.1. The molecule has 250 valence electrons. The highest BCUT2D eigenvalue weighted by Crippen LogP contribution is 2.33. The zero-order valence-corrected chi connectivity index (χ0v) is 26.4. The summed E-state index contributed by atoms with van der Waals surface area (Å²) >= 11 is 0. The summed E-state index contributed by atoms with van der Waals surface area (Å²) < 4.78 is 35.7. The summed E-state index contributed by atoms with van der Waals surface area (Å²) in [6.45, 7) is 5.52. The van der Waals surface area contributed by atoms with Crippen molar-refractivity contribution in [3.8, 4) is 0 Å². The van der Waals surface area contributed by atoms with Crippen molar-refractivity contribution in [3.05, 3.63) is 36.5 Å². The van der Waals surface area contributed by atoms with Gasteiger partial charge in [-0.15, -0.1) is 0 Å². The summed E-state index contributed by atoms with van der Waals surface area (Å²) in [5, 5.41) is 41.4. The molecule has 4 N–H and O–H groups in total. The third-order valence-corrected chi connectivity index (χ3v) is 9.17. The molecule has 3 saturated heterocycles. The Hall–Kier alpha value is -1.67. The average molecular weight is 625 g/mol. The highest BCUT2D eigenvalue weighted by Gasteiger charge is 2.45. The minimum atomic E-state index is -1.15. The van der Waals surface area contributed by atoms with Crippen LogP contribution in [-0.2, 0) is 33.2 Å². The van der Waals surface area contributed by atoms with E-state index in [1.165, 1.54) is 13.2 Å². The maximum atomic E-state index is 12.6. The number of aliphatic hydroxyl groups excluding tert-OH is 4. The number of methoxy groups -OCH3 is 1. The van der Waals surface area contributed by atoms with E-state index in [2.05, 4.69) is 26.0 Å². The SMILES string of the molecule is CO[C@H]1[C@H](O[C@@H]2C[C@@H]3CC=CC(=O)O[C@@H](CO)C[C@@H](O)C4C[C@@H](C)[C@@H](CC=CC=C[C@H](C)C[C@H](C2)O3)O4)O[C@@H](C)[C@H](O)[C@H]1O. The molecule has 4 bridgehead atoms. The second-order valence-corrected chi connectivity index (χ2v) is 12.9. The van der Waals surface area contributed by atoms with Gasteiger partial charge in [-0.25, -0.2) is 4.79 Å². The van der Waals surface area contributed by atoms with Crippen LogP contribution in [0, 0.1) is 11.8 Å². The lowest BCUT2D eigenvalue weighted by molar-refractivity contribution is -0.315. The monoisotopic (exact) mass is 624 g/mol. The molecule has 0 spiro atoms. The molecule has 11 nitrogen and oxygen atoms in total. The molecule has 4 aliphatic heterocycles. The number of carbonyl (C=O) groups excluding carboxylic acids is 1. The fraction of sp³-hybridized carbons (Fsp3) is 0.788. The van der Waals surface area contributed by atoms with E-state index in [1.807, 2.05) is 12.2 Å². The molecule has 14 atom stereocenters. The standard InChI is InChI=1S/C33H52O11/c1-19-9-6-5-7-11-27-20(2)14-28(44-27)26(35)17-25(18-34)42-29(36)12-8-10-22-15-24(16-23(13-19)41-22)43-33-32(39-4)31(38)30(37)21(3)40-33/h5-9,12,19-28,30-35,37-38H,10-11,13-18H2,1-4H3/t19-,20+,21-,22-,23+,24+,25+,26+,27+,28?,30-,31+,32+,33-/m0/s1. The molecule has 44 heavy (non-hydrogen) atoms. The first-order chi connectivity index (χ1) is 21.1. The number of rotatable bonds is 4. The summed E-state index contributed by atoms with van der Waals surface area (Å²) in [6, 6.07) is 0. The van der Waals surface area contributed by atoms with Crippen LogP contribution >= 0.6 is 0 Å². The maximum absolute atomic E-state index is 12.6. The van der Waals surface area contributed by atoms with Crippen molar-refractivity contribution in [2.45, 2.75) is 139 Å². The Morgan fingerprint density at radius 2 is 1.64 bits per heavy atom. The fourth-order valence-electron chi connectivity index (χ4n) is 6.64. The van der Waals surface area contributed by atoms with Crippen LogP contribution in [-0.4, -0.2) is 114 Å². The molecule has 0 aliphatic carbocycles. The Bertz CT molecular complexity index is 985. The van der Waals surface area contributed by atoms with Crippen molar-refractivity contribution in [1.29, 1.82) is 0 Å². The molecule has 0 aromatic heterocycles. The number of aliphatic hydroxyl groups is 4. The van der Waals surface area contributed by atoms with Gasteiger partial charge in [0.05, 0.1) is 49.3 Å². The van der Waals surface area contributed by atoms with Crippen molar-refractivity contribution in [2.24, 2.45) is 11.8 Å². The van der Waals surface area contributed by atoms with E-state index in [9.17, 15) is 25.2 Å². The van der Waals surface area contributed by atoms with Gasteiger partial charge in [0, 0.05) is 32.4 Å². The zero-order chi connectivity index (χ0) is 31.8. The van der Waals surface area contributed by atoms with Crippen LogP contribution in [0.25, 0.3) is 0 Å². The van der Waals surface area contributed by atoms with Crippen molar-refractivity contribution >= 4 is 5.97 Å². The molecular formula is C33H52O11. The van der Waals surface area contributed by atoms with Crippen LogP contribution in [0.4, 0.5) is 0 Å². The Morgan fingerprint density at radius 3 is 2.39 bits per heavy atom. The zero-order valence-electron chi connectivity index (χ0n) is 26.4. The van der Waals surface area contributed by atoms with Gasteiger partial charge in [-0.3, -0.25) is 0 Å². The summed E-state index contributed by atoms with van der Waals surface area (Å²) in [5.41, 5.74) is 0. The minimum Gasteiger partial charge on any atom is -0.457 e. The van der Waals surface area contributed by atoms with Crippen molar-refractivity contribution in [1.82, 2.24) is 0 Å². The van der Waals surface area contributed by atoms with Crippen molar-refractivity contribution in [3.63, 3.8) is 0 Å². The average Bonchev–Trinajstić information content (AvgIpc) is 3.35. The largest absolute Gasteiger partial charge is 0.457 e. The van der Waals surface area contributed by atoms with Gasteiger partial charge in [-0.1, -0.05) is 44.2 Å². The molecule has 3 fully saturated rings. The molecule has 0 aromatic rings. The molecule has 0 radical (unpaired) electrons. The third-order valence-electron chi connectivity index (χ3n) is 9.17. The van der Waals surface area contributed by atoms with Crippen LogP contribution in [0.3, 0.4) is 0 Å². The number of ether oxygens (including phenoxy) is 6. The number of cyclic esters (lactones) is 1. The summed E-state index contributed by atoms with van der Waals surface area (Å²) in [5.74, 6) is -0.126. The minimum absolute atomic E-state index is 0.0217. The van der Waals surface area contributed by atoms with Crippen LogP contribution in [0.2, 0.25) is 0 Å². The highest BCUT2D eigenvalue weighted by atomic mass is 16.7. The molecule has 0 saturated carbocycles. The summed E-state index contributed by atoms with van der Waals surface area (Å²) in [4.78, 5) is 12.6. The quantitative estimate of drug-likeness (QED) is 0.341. The molecule has 11 heteroatoms. The van der Waals surface area contributed by atoms with E-state index >= 15 is 0 Å². The summed E-state index contributed by atoms with van der Waals surface area (Å²) in [7, 11) is 1.45. The third kappa shape index (κ3) is 9.67. The molecular weight excluding hydrogens is 572 g/mol. The lowest BCUT2D eigenvalue weighted by atomic mass is 9.92. The van der Waals surface area contributed by atoms with Gasteiger partial charge < -0.3 is 48.8 Å². The van der Waals surface area contributed by atoms with E-state index in [-0.39, 0.29) is 48.8 Å². The van der Waals surface area contributed by atoms with Crippen LogP contribution in [0.5, 0.6) is 0 Å². The van der Waals surface area contributed by atoms with Gasteiger partial charge in [-0.2, -0.15) is 0 Å². The van der Waals surface area contributed by atoms with E-state index < -0.39 is 55.5 Å². The first kappa shape index (κ1) is 35.2. The van der Waals surface area contributed by atoms with E-state index in [0.29, 0.717) is 25.7 Å². The molecule has 4 heterocycles. The van der Waals surface area contributed by atoms with Gasteiger partial charge >= 0.3 is 5.97 Å². The van der Waals surface area contributed by atoms with Gasteiger partial charge in [-0.05, 0) is 44.4 Å². The lowest BCUT2D eigenvalue weighted by Gasteiger charge is -2.43. The van der Waals surface area contributed by atoms with Crippen molar-refractivity contribution < 1.29 is 53.6 Å². The first-order valence-electron chi connectivity index (χ1n) is 16.1.